The zero-order valence-electron chi connectivity index (χ0n) is 17.3. The topological polar surface area (TPSA) is 44.8 Å². The summed E-state index contributed by atoms with van der Waals surface area (Å²) in [5, 5.41) is 3.48. The quantitative estimate of drug-likeness (QED) is 0.785. The first-order valence-corrected chi connectivity index (χ1v) is 10.8. The maximum absolute atomic E-state index is 12.7. The number of benzene rings is 2. The van der Waals surface area contributed by atoms with Crippen molar-refractivity contribution in [1.82, 2.24) is 4.90 Å². The summed E-state index contributed by atoms with van der Waals surface area (Å²) in [5.41, 5.74) is 4.63. The second-order valence-electron chi connectivity index (χ2n) is 7.95. The predicted octanol–water partition coefficient (Wildman–Crippen LogP) is 3.69. The van der Waals surface area contributed by atoms with Crippen molar-refractivity contribution in [2.75, 3.05) is 42.9 Å². The van der Waals surface area contributed by atoms with Gasteiger partial charge in [0.05, 0.1) is 0 Å². The Hall–Kier alpha value is -2.53. The smallest absolute Gasteiger partial charge is 0.328 e. The summed E-state index contributed by atoms with van der Waals surface area (Å²) < 4.78 is 5.59. The first-order chi connectivity index (χ1) is 14.2. The summed E-state index contributed by atoms with van der Waals surface area (Å²) in [5.74, 6) is -0.163. The van der Waals surface area contributed by atoms with Gasteiger partial charge in [0.2, 0.25) is 0 Å². The molecule has 2 aliphatic heterocycles. The van der Waals surface area contributed by atoms with E-state index in [1.54, 1.807) is 0 Å². The molecule has 1 fully saturated rings. The van der Waals surface area contributed by atoms with Crippen LogP contribution in [0.3, 0.4) is 0 Å². The highest BCUT2D eigenvalue weighted by atomic mass is 16.5. The van der Waals surface area contributed by atoms with Gasteiger partial charge in [0, 0.05) is 37.6 Å². The Morgan fingerprint density at radius 1 is 1.10 bits per heavy atom. The predicted molar refractivity (Wildman–Crippen MR) is 117 cm³/mol. The molecule has 0 saturated carbocycles. The maximum atomic E-state index is 12.7. The van der Waals surface area contributed by atoms with Gasteiger partial charge in [0.15, 0.2) is 0 Å². The van der Waals surface area contributed by atoms with E-state index in [0.29, 0.717) is 6.61 Å². The molecule has 154 valence electrons. The second kappa shape index (κ2) is 9.31. The molecular weight excluding hydrogens is 362 g/mol. The monoisotopic (exact) mass is 393 g/mol. The van der Waals surface area contributed by atoms with Gasteiger partial charge in [-0.1, -0.05) is 43.3 Å². The van der Waals surface area contributed by atoms with Crippen molar-refractivity contribution < 1.29 is 9.53 Å². The summed E-state index contributed by atoms with van der Waals surface area (Å²) in [6, 6.07) is 16.2. The number of aryl methyl sites for hydroxylation is 1. The van der Waals surface area contributed by atoms with Crippen LogP contribution < -0.4 is 10.2 Å². The fourth-order valence-corrected chi connectivity index (χ4v) is 4.20. The summed E-state index contributed by atoms with van der Waals surface area (Å²) in [4.78, 5) is 17.6. The number of fused-ring (bicyclic) bond motifs is 1. The molecule has 2 aliphatic rings. The van der Waals surface area contributed by atoms with Crippen molar-refractivity contribution in [2.45, 2.75) is 38.8 Å². The molecule has 4 rings (SSSR count). The minimum absolute atomic E-state index is 0.163. The molecule has 1 unspecified atom stereocenters. The highest BCUT2D eigenvalue weighted by molar-refractivity contribution is 5.80. The molecule has 0 aromatic heterocycles. The van der Waals surface area contributed by atoms with Gasteiger partial charge in [-0.15, -0.1) is 0 Å². The van der Waals surface area contributed by atoms with Crippen LogP contribution in [0.15, 0.2) is 48.5 Å². The Labute approximate surface area is 173 Å². The van der Waals surface area contributed by atoms with Crippen LogP contribution in [0, 0.1) is 0 Å². The van der Waals surface area contributed by atoms with E-state index < -0.39 is 0 Å². The number of likely N-dealkylation sites (N-methyl/N-ethyl adjacent to an activating group) is 1. The molecule has 29 heavy (non-hydrogen) atoms. The van der Waals surface area contributed by atoms with Crippen LogP contribution in [0.25, 0.3) is 0 Å². The molecule has 2 aromatic carbocycles. The van der Waals surface area contributed by atoms with E-state index in [4.69, 9.17) is 4.74 Å². The number of nitrogens with zero attached hydrogens (tertiary/aromatic N) is 2. The van der Waals surface area contributed by atoms with E-state index in [2.05, 4.69) is 40.2 Å². The lowest BCUT2D eigenvalue weighted by atomic mass is 10.1. The average Bonchev–Trinajstić information content (AvgIpc) is 3.00. The number of hydrogen-bond acceptors (Lipinski definition) is 5. The number of piperazine rings is 1. The number of nitrogens with one attached hydrogen (secondary N) is 1. The van der Waals surface area contributed by atoms with Gasteiger partial charge in [0.1, 0.15) is 12.6 Å². The Kier molecular flexibility index (Phi) is 6.35. The molecule has 5 heteroatoms. The standard InChI is InChI=1S/C24H31N3O2/c1-2-26-13-15-27(16-14-26)21-12-11-20-9-6-10-22(25-23(20)17-21)24(28)29-18-19-7-4-3-5-8-19/h3-5,7-8,11-12,17,22,25H,2,6,9-10,13-16,18H2,1H3. The molecule has 0 aliphatic carbocycles. The third kappa shape index (κ3) is 4.91. The number of anilines is 2. The molecule has 1 atom stereocenters. The fourth-order valence-electron chi connectivity index (χ4n) is 4.20. The number of carbonyl (C=O) groups is 1. The normalized spacial score (nSPS) is 19.8. The molecule has 1 saturated heterocycles. The van der Waals surface area contributed by atoms with Crippen LogP contribution in [0.5, 0.6) is 0 Å². The zero-order valence-corrected chi connectivity index (χ0v) is 17.3. The SMILES string of the molecule is CCN1CCN(c2ccc3c(c2)NC(C(=O)OCc2ccccc2)CCC3)CC1. The van der Waals surface area contributed by atoms with Gasteiger partial charge in [-0.2, -0.15) is 0 Å². The minimum atomic E-state index is -0.285. The lowest BCUT2D eigenvalue weighted by Crippen LogP contribution is -2.46. The Morgan fingerprint density at radius 3 is 2.66 bits per heavy atom. The van der Waals surface area contributed by atoms with Crippen molar-refractivity contribution in [2.24, 2.45) is 0 Å². The maximum Gasteiger partial charge on any atom is 0.328 e. The van der Waals surface area contributed by atoms with Crippen molar-refractivity contribution in [3.05, 3.63) is 59.7 Å². The van der Waals surface area contributed by atoms with Gasteiger partial charge >= 0.3 is 5.97 Å². The molecular formula is C24H31N3O2. The number of carbonyl (C=O) groups excluding carboxylic acids is 1. The molecule has 0 radical (unpaired) electrons. The van der Waals surface area contributed by atoms with E-state index in [-0.39, 0.29) is 12.0 Å². The van der Waals surface area contributed by atoms with Gasteiger partial charge in [-0.05, 0) is 49.1 Å². The lowest BCUT2D eigenvalue weighted by molar-refractivity contribution is -0.146. The van der Waals surface area contributed by atoms with Crippen molar-refractivity contribution in [3.63, 3.8) is 0 Å². The molecule has 2 heterocycles. The second-order valence-corrected chi connectivity index (χ2v) is 7.95. The van der Waals surface area contributed by atoms with E-state index in [9.17, 15) is 4.79 Å². The van der Waals surface area contributed by atoms with E-state index in [0.717, 1.165) is 63.2 Å². The van der Waals surface area contributed by atoms with Crippen LogP contribution in [0.1, 0.15) is 30.9 Å². The number of hydrogen-bond donors (Lipinski definition) is 1. The summed E-state index contributed by atoms with van der Waals surface area (Å²) in [6.07, 6.45) is 2.78. The van der Waals surface area contributed by atoms with Crippen LogP contribution in [0.4, 0.5) is 11.4 Å². The first kappa shape index (κ1) is 19.8. The van der Waals surface area contributed by atoms with Gasteiger partial charge in [0.25, 0.3) is 0 Å². The largest absolute Gasteiger partial charge is 0.459 e. The van der Waals surface area contributed by atoms with Crippen molar-refractivity contribution in [1.29, 1.82) is 0 Å². The van der Waals surface area contributed by atoms with Gasteiger partial charge in [-0.25, -0.2) is 4.79 Å². The van der Waals surface area contributed by atoms with Gasteiger partial charge < -0.3 is 19.9 Å². The molecule has 0 amide bonds. The number of ether oxygens (including phenoxy) is 1. The van der Waals surface area contributed by atoms with Crippen LogP contribution in [-0.4, -0.2) is 49.6 Å². The zero-order chi connectivity index (χ0) is 20.1. The average molecular weight is 394 g/mol. The first-order valence-electron chi connectivity index (χ1n) is 10.8. The Bertz CT molecular complexity index is 816. The third-order valence-electron chi connectivity index (χ3n) is 6.06. The van der Waals surface area contributed by atoms with E-state index >= 15 is 0 Å². The van der Waals surface area contributed by atoms with Crippen molar-refractivity contribution >= 4 is 17.3 Å². The Balaban J connectivity index is 1.41. The number of rotatable bonds is 5. The molecule has 5 nitrogen and oxygen atoms in total. The van der Waals surface area contributed by atoms with Crippen LogP contribution in [-0.2, 0) is 22.6 Å². The summed E-state index contributed by atoms with van der Waals surface area (Å²) in [6.45, 7) is 7.98. The van der Waals surface area contributed by atoms with Crippen LogP contribution >= 0.6 is 0 Å². The number of esters is 1. The van der Waals surface area contributed by atoms with Crippen molar-refractivity contribution in [3.8, 4) is 0 Å². The summed E-state index contributed by atoms with van der Waals surface area (Å²) >= 11 is 0. The molecule has 1 N–H and O–H groups in total. The lowest BCUT2D eigenvalue weighted by Gasteiger charge is -2.35. The third-order valence-corrected chi connectivity index (χ3v) is 6.06. The van der Waals surface area contributed by atoms with Gasteiger partial charge in [-0.3, -0.25) is 0 Å². The molecule has 0 spiro atoms. The fraction of sp³-hybridized carbons (Fsp3) is 0.458. The Morgan fingerprint density at radius 2 is 1.90 bits per heavy atom. The highest BCUT2D eigenvalue weighted by Gasteiger charge is 2.25. The van der Waals surface area contributed by atoms with E-state index in [1.807, 2.05) is 30.3 Å². The molecule has 0 bridgehead atoms. The molecule has 2 aromatic rings. The van der Waals surface area contributed by atoms with Crippen LogP contribution in [0.2, 0.25) is 0 Å². The van der Waals surface area contributed by atoms with E-state index in [1.165, 1.54) is 11.3 Å². The summed E-state index contributed by atoms with van der Waals surface area (Å²) in [7, 11) is 0. The highest BCUT2D eigenvalue weighted by Crippen LogP contribution is 2.29. The minimum Gasteiger partial charge on any atom is -0.459 e.